The minimum absolute atomic E-state index is 0.0107. The summed E-state index contributed by atoms with van der Waals surface area (Å²) in [7, 11) is 1.64. The predicted octanol–water partition coefficient (Wildman–Crippen LogP) is 2.93. The highest BCUT2D eigenvalue weighted by Crippen LogP contribution is 2.18. The Morgan fingerprint density at radius 3 is 2.77 bits per heavy atom. The summed E-state index contributed by atoms with van der Waals surface area (Å²) in [5, 5.41) is 6.27. The average Bonchev–Trinajstić information content (AvgIpc) is 2.97. The van der Waals surface area contributed by atoms with E-state index in [9.17, 15) is 14.0 Å². The smallest absolute Gasteiger partial charge is 0.256 e. The van der Waals surface area contributed by atoms with Crippen molar-refractivity contribution in [1.29, 1.82) is 0 Å². The van der Waals surface area contributed by atoms with Gasteiger partial charge in [0.25, 0.3) is 5.91 Å². The third kappa shape index (κ3) is 4.05. The van der Waals surface area contributed by atoms with Crippen molar-refractivity contribution in [1.82, 2.24) is 10.2 Å². The van der Waals surface area contributed by atoms with E-state index in [2.05, 4.69) is 5.32 Å². The van der Waals surface area contributed by atoms with Crippen LogP contribution in [0.2, 0.25) is 5.02 Å². The molecule has 0 aliphatic heterocycles. The Morgan fingerprint density at radius 2 is 2.14 bits per heavy atom. The second-order valence-corrected chi connectivity index (χ2v) is 5.85. The summed E-state index contributed by atoms with van der Waals surface area (Å²) in [5.74, 6) is -1.70. The highest BCUT2D eigenvalue weighted by atomic mass is 35.5. The first-order chi connectivity index (χ1) is 10.5. The molecular formula is C15H14ClFN2O2S. The zero-order valence-corrected chi connectivity index (χ0v) is 13.4. The Morgan fingerprint density at radius 1 is 1.36 bits per heavy atom. The van der Waals surface area contributed by atoms with Crippen LogP contribution in [0.5, 0.6) is 0 Å². The first kappa shape index (κ1) is 16.5. The quantitative estimate of drug-likeness (QED) is 0.909. The van der Waals surface area contributed by atoms with E-state index in [0.29, 0.717) is 6.54 Å². The number of thiophene rings is 1. The van der Waals surface area contributed by atoms with Gasteiger partial charge in [0.05, 0.1) is 17.1 Å². The number of halogens is 2. The molecule has 1 aromatic carbocycles. The maximum absolute atomic E-state index is 13.6. The van der Waals surface area contributed by atoms with Gasteiger partial charge in [0.15, 0.2) is 0 Å². The molecule has 1 heterocycles. The van der Waals surface area contributed by atoms with Gasteiger partial charge >= 0.3 is 0 Å². The second kappa shape index (κ2) is 7.38. The fourth-order valence-corrected chi connectivity index (χ4v) is 2.75. The van der Waals surface area contributed by atoms with Crippen molar-refractivity contribution < 1.29 is 14.0 Å². The SMILES string of the molecule is CN(Cc1ccsc1)C(=O)CNC(=O)c1c(F)cccc1Cl. The first-order valence-electron chi connectivity index (χ1n) is 6.46. The van der Waals surface area contributed by atoms with E-state index in [0.717, 1.165) is 11.6 Å². The van der Waals surface area contributed by atoms with Crippen LogP contribution in [-0.4, -0.2) is 30.3 Å². The van der Waals surface area contributed by atoms with Gasteiger partial charge in [0.2, 0.25) is 5.91 Å². The van der Waals surface area contributed by atoms with Crippen molar-refractivity contribution in [3.8, 4) is 0 Å². The van der Waals surface area contributed by atoms with Crippen LogP contribution < -0.4 is 5.32 Å². The average molecular weight is 341 g/mol. The van der Waals surface area contributed by atoms with Crippen molar-refractivity contribution in [3.05, 3.63) is 57.0 Å². The predicted molar refractivity (Wildman–Crippen MR) is 84.5 cm³/mol. The Hall–Kier alpha value is -1.92. The summed E-state index contributed by atoms with van der Waals surface area (Å²) in [6, 6.07) is 5.90. The van der Waals surface area contributed by atoms with Crippen LogP contribution in [0.25, 0.3) is 0 Å². The monoisotopic (exact) mass is 340 g/mol. The molecule has 4 nitrogen and oxygen atoms in total. The largest absolute Gasteiger partial charge is 0.343 e. The van der Waals surface area contributed by atoms with Crippen LogP contribution in [-0.2, 0) is 11.3 Å². The van der Waals surface area contributed by atoms with Crippen molar-refractivity contribution in [2.75, 3.05) is 13.6 Å². The van der Waals surface area contributed by atoms with Crippen LogP contribution >= 0.6 is 22.9 Å². The molecule has 0 aliphatic carbocycles. The number of likely N-dealkylation sites (N-methyl/N-ethyl adjacent to an activating group) is 1. The van der Waals surface area contributed by atoms with Crippen LogP contribution in [0, 0.1) is 5.82 Å². The van der Waals surface area contributed by atoms with E-state index in [4.69, 9.17) is 11.6 Å². The molecule has 1 N–H and O–H groups in total. The highest BCUT2D eigenvalue weighted by Gasteiger charge is 2.17. The normalized spacial score (nSPS) is 10.3. The minimum Gasteiger partial charge on any atom is -0.343 e. The van der Waals surface area contributed by atoms with E-state index in [1.165, 1.54) is 17.0 Å². The Bertz CT molecular complexity index is 656. The molecule has 0 unspecified atom stereocenters. The van der Waals surface area contributed by atoms with E-state index in [1.54, 1.807) is 18.4 Å². The molecular weight excluding hydrogens is 327 g/mol. The van der Waals surface area contributed by atoms with Gasteiger partial charge in [0, 0.05) is 13.6 Å². The Kier molecular flexibility index (Phi) is 5.51. The van der Waals surface area contributed by atoms with Crippen molar-refractivity contribution in [2.45, 2.75) is 6.54 Å². The number of nitrogens with one attached hydrogen (secondary N) is 1. The Labute approximate surface area is 136 Å². The molecule has 0 fully saturated rings. The van der Waals surface area contributed by atoms with Gasteiger partial charge in [-0.15, -0.1) is 0 Å². The Balaban J connectivity index is 1.92. The maximum atomic E-state index is 13.6. The molecule has 0 saturated carbocycles. The summed E-state index contributed by atoms with van der Waals surface area (Å²) in [6.07, 6.45) is 0. The number of hydrogen-bond donors (Lipinski definition) is 1. The lowest BCUT2D eigenvalue weighted by molar-refractivity contribution is -0.129. The van der Waals surface area contributed by atoms with Gasteiger partial charge in [-0.25, -0.2) is 4.39 Å². The molecule has 2 amide bonds. The second-order valence-electron chi connectivity index (χ2n) is 4.66. The number of nitrogens with zero attached hydrogens (tertiary/aromatic N) is 1. The van der Waals surface area contributed by atoms with Gasteiger partial charge in [-0.3, -0.25) is 9.59 Å². The van der Waals surface area contributed by atoms with E-state index < -0.39 is 11.7 Å². The van der Waals surface area contributed by atoms with E-state index in [1.807, 2.05) is 16.8 Å². The number of benzene rings is 1. The van der Waals surface area contributed by atoms with Crippen LogP contribution in [0.1, 0.15) is 15.9 Å². The first-order valence-corrected chi connectivity index (χ1v) is 7.78. The minimum atomic E-state index is -0.718. The van der Waals surface area contributed by atoms with Gasteiger partial charge in [-0.1, -0.05) is 17.7 Å². The number of rotatable bonds is 5. The highest BCUT2D eigenvalue weighted by molar-refractivity contribution is 7.07. The summed E-state index contributed by atoms with van der Waals surface area (Å²) < 4.78 is 13.6. The fraction of sp³-hybridized carbons (Fsp3) is 0.200. The van der Waals surface area contributed by atoms with Gasteiger partial charge < -0.3 is 10.2 Å². The summed E-state index contributed by atoms with van der Waals surface area (Å²) in [6.45, 7) is 0.239. The van der Waals surface area contributed by atoms with Crippen LogP contribution in [0.3, 0.4) is 0 Å². The third-order valence-corrected chi connectivity index (χ3v) is 4.06. The number of carbonyl (C=O) groups excluding carboxylic acids is 2. The number of carbonyl (C=O) groups is 2. The molecule has 22 heavy (non-hydrogen) atoms. The molecule has 0 aliphatic rings. The van der Waals surface area contributed by atoms with Gasteiger partial charge in [0.1, 0.15) is 5.82 Å². The molecule has 0 radical (unpaired) electrons. The molecule has 0 spiro atoms. The summed E-state index contributed by atoms with van der Waals surface area (Å²) in [4.78, 5) is 25.4. The number of hydrogen-bond acceptors (Lipinski definition) is 3. The standard InChI is InChI=1S/C15H14ClFN2O2S/c1-19(8-10-5-6-22-9-10)13(20)7-18-15(21)14-11(16)3-2-4-12(14)17/h2-6,9H,7-8H2,1H3,(H,18,21). The summed E-state index contributed by atoms with van der Waals surface area (Å²) in [5.41, 5.74) is 0.766. The summed E-state index contributed by atoms with van der Waals surface area (Å²) >= 11 is 7.35. The molecule has 2 aromatic rings. The molecule has 0 bridgehead atoms. The molecule has 0 saturated heterocycles. The van der Waals surface area contributed by atoms with Gasteiger partial charge in [-0.2, -0.15) is 11.3 Å². The molecule has 116 valence electrons. The zero-order valence-electron chi connectivity index (χ0n) is 11.8. The zero-order chi connectivity index (χ0) is 16.1. The van der Waals surface area contributed by atoms with Gasteiger partial charge in [-0.05, 0) is 34.5 Å². The van der Waals surface area contributed by atoms with Crippen LogP contribution in [0.15, 0.2) is 35.0 Å². The topological polar surface area (TPSA) is 49.4 Å². The van der Waals surface area contributed by atoms with Crippen molar-refractivity contribution in [2.24, 2.45) is 0 Å². The molecule has 2 rings (SSSR count). The fourth-order valence-electron chi connectivity index (χ4n) is 1.84. The lowest BCUT2D eigenvalue weighted by Gasteiger charge is -2.17. The van der Waals surface area contributed by atoms with E-state index in [-0.39, 0.29) is 23.0 Å². The molecule has 0 atom stereocenters. The van der Waals surface area contributed by atoms with Crippen LogP contribution in [0.4, 0.5) is 4.39 Å². The lowest BCUT2D eigenvalue weighted by atomic mass is 10.2. The molecule has 1 aromatic heterocycles. The van der Waals surface area contributed by atoms with Crippen molar-refractivity contribution in [3.63, 3.8) is 0 Å². The number of amides is 2. The van der Waals surface area contributed by atoms with E-state index >= 15 is 0 Å². The lowest BCUT2D eigenvalue weighted by Crippen LogP contribution is -2.38. The molecule has 7 heteroatoms. The maximum Gasteiger partial charge on any atom is 0.256 e. The third-order valence-electron chi connectivity index (χ3n) is 3.02. The van der Waals surface area contributed by atoms with Crippen molar-refractivity contribution >= 4 is 34.8 Å².